The molecule has 1 amide bonds. The van der Waals surface area contributed by atoms with Crippen molar-refractivity contribution in [2.75, 3.05) is 23.3 Å². The van der Waals surface area contributed by atoms with Gasteiger partial charge in [-0.2, -0.15) is 10.2 Å². The van der Waals surface area contributed by atoms with Gasteiger partial charge in [0.2, 0.25) is 5.91 Å². The summed E-state index contributed by atoms with van der Waals surface area (Å²) < 4.78 is 1.60. The number of benzene rings is 1. The number of nitrogens with one attached hydrogen (secondary N) is 2. The summed E-state index contributed by atoms with van der Waals surface area (Å²) in [6.45, 7) is 1.51. The van der Waals surface area contributed by atoms with Gasteiger partial charge in [0.15, 0.2) is 5.82 Å². The molecule has 4 heterocycles. The predicted octanol–water partition coefficient (Wildman–Crippen LogP) is 1.79. The summed E-state index contributed by atoms with van der Waals surface area (Å²) in [5.74, 6) is 1.52. The molecule has 4 aromatic rings. The summed E-state index contributed by atoms with van der Waals surface area (Å²) in [6, 6.07) is 7.63. The van der Waals surface area contributed by atoms with Crippen LogP contribution < -0.4 is 10.2 Å². The Bertz CT molecular complexity index is 1130. The van der Waals surface area contributed by atoms with Crippen molar-refractivity contribution in [3.05, 3.63) is 49.4 Å². The first kappa shape index (κ1) is 17.3. The third kappa shape index (κ3) is 3.51. The Labute approximate surface area is 166 Å². The zero-order valence-electron chi connectivity index (χ0n) is 15.6. The number of amides is 1. The second-order valence-electron chi connectivity index (χ2n) is 7.00. The molecule has 0 radical (unpaired) electrons. The SMILES string of the molecule is O=C(Nc1ccc2cn[nH]c2c1)C1CCN(c2cc(-n3cncn3)ncn2)CC1. The first-order valence-electron chi connectivity index (χ1n) is 9.42. The van der Waals surface area contributed by atoms with Crippen LogP contribution in [-0.4, -0.2) is 53.9 Å². The molecule has 10 heteroatoms. The number of anilines is 2. The van der Waals surface area contributed by atoms with Crippen LogP contribution in [0.15, 0.2) is 49.4 Å². The van der Waals surface area contributed by atoms with Gasteiger partial charge in [-0.1, -0.05) is 0 Å². The monoisotopic (exact) mass is 389 g/mol. The minimum Gasteiger partial charge on any atom is -0.356 e. The lowest BCUT2D eigenvalue weighted by Gasteiger charge is -2.32. The summed E-state index contributed by atoms with van der Waals surface area (Å²) in [5, 5.41) is 15.1. The van der Waals surface area contributed by atoms with E-state index in [1.54, 1.807) is 17.2 Å². The molecule has 1 aromatic carbocycles. The lowest BCUT2D eigenvalue weighted by Crippen LogP contribution is -2.38. The van der Waals surface area contributed by atoms with Crippen LogP contribution in [-0.2, 0) is 4.79 Å². The number of fused-ring (bicyclic) bond motifs is 1. The molecule has 0 bridgehead atoms. The van der Waals surface area contributed by atoms with E-state index in [2.05, 4.69) is 40.5 Å². The minimum atomic E-state index is -0.0275. The lowest BCUT2D eigenvalue weighted by molar-refractivity contribution is -0.120. The number of hydrogen-bond donors (Lipinski definition) is 2. The quantitative estimate of drug-likeness (QED) is 0.546. The van der Waals surface area contributed by atoms with Gasteiger partial charge in [-0.3, -0.25) is 9.89 Å². The zero-order valence-corrected chi connectivity index (χ0v) is 15.6. The molecule has 1 aliphatic rings. The number of rotatable bonds is 4. The molecule has 0 unspecified atom stereocenters. The third-order valence-electron chi connectivity index (χ3n) is 5.19. The van der Waals surface area contributed by atoms with Crippen LogP contribution >= 0.6 is 0 Å². The first-order valence-corrected chi connectivity index (χ1v) is 9.42. The molecule has 0 saturated carbocycles. The lowest BCUT2D eigenvalue weighted by atomic mass is 9.95. The fourth-order valence-corrected chi connectivity index (χ4v) is 3.59. The van der Waals surface area contributed by atoms with Gasteiger partial charge in [0.05, 0.1) is 11.7 Å². The van der Waals surface area contributed by atoms with E-state index in [0.29, 0.717) is 5.82 Å². The highest BCUT2D eigenvalue weighted by atomic mass is 16.1. The van der Waals surface area contributed by atoms with Crippen molar-refractivity contribution in [2.24, 2.45) is 5.92 Å². The summed E-state index contributed by atoms with van der Waals surface area (Å²) >= 11 is 0. The van der Waals surface area contributed by atoms with Gasteiger partial charge < -0.3 is 10.2 Å². The van der Waals surface area contributed by atoms with Crippen LogP contribution in [0.2, 0.25) is 0 Å². The molecule has 1 fully saturated rings. The molecular formula is C19H19N9O. The average Bonchev–Trinajstić information content (AvgIpc) is 3.46. The maximum Gasteiger partial charge on any atom is 0.227 e. The van der Waals surface area contributed by atoms with Crippen molar-refractivity contribution in [1.29, 1.82) is 0 Å². The number of piperidine rings is 1. The number of aromatic amines is 1. The van der Waals surface area contributed by atoms with E-state index < -0.39 is 0 Å². The van der Waals surface area contributed by atoms with Crippen molar-refractivity contribution >= 4 is 28.3 Å². The van der Waals surface area contributed by atoms with E-state index in [9.17, 15) is 4.79 Å². The molecule has 29 heavy (non-hydrogen) atoms. The highest BCUT2D eigenvalue weighted by molar-refractivity contribution is 5.94. The molecule has 3 aromatic heterocycles. The molecule has 0 aliphatic carbocycles. The van der Waals surface area contributed by atoms with Crippen molar-refractivity contribution in [1.82, 2.24) is 34.9 Å². The molecule has 10 nitrogen and oxygen atoms in total. The van der Waals surface area contributed by atoms with E-state index in [4.69, 9.17) is 0 Å². The Balaban J connectivity index is 1.22. The van der Waals surface area contributed by atoms with E-state index in [0.717, 1.165) is 48.3 Å². The summed E-state index contributed by atoms with van der Waals surface area (Å²) in [7, 11) is 0. The predicted molar refractivity (Wildman–Crippen MR) is 107 cm³/mol. The van der Waals surface area contributed by atoms with Crippen molar-refractivity contribution in [3.63, 3.8) is 0 Å². The smallest absolute Gasteiger partial charge is 0.227 e. The molecule has 2 N–H and O–H groups in total. The minimum absolute atomic E-state index is 0.0275. The van der Waals surface area contributed by atoms with Crippen molar-refractivity contribution in [3.8, 4) is 5.82 Å². The number of H-pyrrole nitrogens is 1. The van der Waals surface area contributed by atoms with Crippen LogP contribution in [0.4, 0.5) is 11.5 Å². The molecule has 146 valence electrons. The van der Waals surface area contributed by atoms with Gasteiger partial charge >= 0.3 is 0 Å². The Hall–Kier alpha value is -3.82. The maximum atomic E-state index is 12.7. The van der Waals surface area contributed by atoms with Gasteiger partial charge in [-0.15, -0.1) is 0 Å². The molecular weight excluding hydrogens is 370 g/mol. The zero-order chi connectivity index (χ0) is 19.6. The van der Waals surface area contributed by atoms with E-state index in [1.807, 2.05) is 24.3 Å². The van der Waals surface area contributed by atoms with E-state index >= 15 is 0 Å². The number of aromatic nitrogens is 7. The van der Waals surface area contributed by atoms with Crippen molar-refractivity contribution in [2.45, 2.75) is 12.8 Å². The first-order chi connectivity index (χ1) is 14.3. The van der Waals surface area contributed by atoms with Gasteiger partial charge in [0.1, 0.15) is 24.8 Å². The summed E-state index contributed by atoms with van der Waals surface area (Å²) in [4.78, 5) is 27.4. The largest absolute Gasteiger partial charge is 0.356 e. The number of nitrogens with zero attached hydrogens (tertiary/aromatic N) is 7. The van der Waals surface area contributed by atoms with Crippen LogP contribution in [0, 0.1) is 5.92 Å². The fourth-order valence-electron chi connectivity index (χ4n) is 3.59. The third-order valence-corrected chi connectivity index (χ3v) is 5.19. The Kier molecular flexibility index (Phi) is 4.35. The topological polar surface area (TPSA) is 118 Å². The highest BCUT2D eigenvalue weighted by Crippen LogP contribution is 2.24. The summed E-state index contributed by atoms with van der Waals surface area (Å²) in [6.07, 6.45) is 7.88. The molecule has 1 aliphatic heterocycles. The number of carbonyl (C=O) groups is 1. The number of carbonyl (C=O) groups excluding carboxylic acids is 1. The van der Waals surface area contributed by atoms with Gasteiger partial charge in [0.25, 0.3) is 0 Å². The molecule has 5 rings (SSSR count). The van der Waals surface area contributed by atoms with Crippen LogP contribution in [0.25, 0.3) is 16.7 Å². The Morgan fingerprint density at radius 1 is 1.10 bits per heavy atom. The van der Waals surface area contributed by atoms with Gasteiger partial charge in [-0.05, 0) is 31.0 Å². The molecule has 1 saturated heterocycles. The Morgan fingerprint density at radius 3 is 2.79 bits per heavy atom. The summed E-state index contributed by atoms with van der Waals surface area (Å²) in [5.41, 5.74) is 1.69. The Morgan fingerprint density at radius 2 is 1.97 bits per heavy atom. The van der Waals surface area contributed by atoms with Gasteiger partial charge in [0, 0.05) is 36.1 Å². The van der Waals surface area contributed by atoms with Gasteiger partial charge in [-0.25, -0.2) is 19.6 Å². The molecule has 0 spiro atoms. The second-order valence-corrected chi connectivity index (χ2v) is 7.00. The molecule has 0 atom stereocenters. The van der Waals surface area contributed by atoms with E-state index in [-0.39, 0.29) is 11.8 Å². The second kappa shape index (κ2) is 7.30. The van der Waals surface area contributed by atoms with Crippen LogP contribution in [0.3, 0.4) is 0 Å². The van der Waals surface area contributed by atoms with Crippen LogP contribution in [0.1, 0.15) is 12.8 Å². The normalized spacial score (nSPS) is 15.0. The standard InChI is InChI=1S/C19H19N9O/c29-19(25-15-2-1-14-9-23-26-16(14)7-15)13-3-5-27(6-4-13)17-8-18(22-11-21-17)28-12-20-10-24-28/h1-2,7-13H,3-6H2,(H,23,26)(H,25,29). The number of hydrogen-bond acceptors (Lipinski definition) is 7. The van der Waals surface area contributed by atoms with Crippen molar-refractivity contribution < 1.29 is 4.79 Å². The van der Waals surface area contributed by atoms with E-state index in [1.165, 1.54) is 12.7 Å². The highest BCUT2D eigenvalue weighted by Gasteiger charge is 2.26. The van der Waals surface area contributed by atoms with Crippen LogP contribution in [0.5, 0.6) is 0 Å². The average molecular weight is 389 g/mol. The maximum absolute atomic E-state index is 12.7. The fraction of sp³-hybridized carbons (Fsp3) is 0.263.